The Morgan fingerprint density at radius 1 is 1.33 bits per heavy atom. The maximum atomic E-state index is 12.3. The highest BCUT2D eigenvalue weighted by Crippen LogP contribution is 2.18. The van der Waals surface area contributed by atoms with Crippen molar-refractivity contribution in [1.82, 2.24) is 14.5 Å². The summed E-state index contributed by atoms with van der Waals surface area (Å²) < 4.78 is 24.6. The summed E-state index contributed by atoms with van der Waals surface area (Å²) in [5, 5.41) is 2.87. The molecule has 0 unspecified atom stereocenters. The van der Waals surface area contributed by atoms with Crippen LogP contribution in [-0.4, -0.2) is 68.4 Å². The van der Waals surface area contributed by atoms with Crippen LogP contribution in [-0.2, 0) is 19.6 Å². The first-order valence-corrected chi connectivity index (χ1v) is 10.3. The summed E-state index contributed by atoms with van der Waals surface area (Å²) in [6.07, 6.45) is 2.20. The molecule has 2 amide bonds. The zero-order valence-corrected chi connectivity index (χ0v) is 16.1. The van der Waals surface area contributed by atoms with E-state index < -0.39 is 10.0 Å². The van der Waals surface area contributed by atoms with E-state index in [0.29, 0.717) is 26.1 Å². The predicted octanol–water partition coefficient (Wildman–Crippen LogP) is 0.669. The largest absolute Gasteiger partial charge is 0.356 e. The number of carbonyl (C=O) groups is 2. The smallest absolute Gasteiger partial charge is 0.225 e. The molecule has 1 aliphatic rings. The first kappa shape index (κ1) is 20.9. The topological polar surface area (TPSA) is 86.8 Å². The Labute approximate surface area is 145 Å². The van der Waals surface area contributed by atoms with Gasteiger partial charge in [-0.15, -0.1) is 0 Å². The molecular weight excluding hydrogens is 330 g/mol. The fourth-order valence-electron chi connectivity index (χ4n) is 2.77. The van der Waals surface area contributed by atoms with Crippen LogP contribution in [0.25, 0.3) is 0 Å². The van der Waals surface area contributed by atoms with E-state index >= 15 is 0 Å². The molecule has 0 aromatic carbocycles. The lowest BCUT2D eigenvalue weighted by Gasteiger charge is -2.33. The van der Waals surface area contributed by atoms with Gasteiger partial charge < -0.3 is 10.2 Å². The molecule has 8 heteroatoms. The molecule has 0 aliphatic carbocycles. The molecule has 1 heterocycles. The number of amides is 2. The summed E-state index contributed by atoms with van der Waals surface area (Å²) in [5.74, 6) is -0.0879. The Morgan fingerprint density at radius 3 is 2.58 bits per heavy atom. The quantitative estimate of drug-likeness (QED) is 0.644. The second-order valence-corrected chi connectivity index (χ2v) is 9.01. The van der Waals surface area contributed by atoms with Gasteiger partial charge in [0.2, 0.25) is 21.8 Å². The molecule has 7 nitrogen and oxygen atoms in total. The van der Waals surface area contributed by atoms with Crippen molar-refractivity contribution in [2.45, 2.75) is 40.0 Å². The van der Waals surface area contributed by atoms with Crippen molar-refractivity contribution in [3.63, 3.8) is 0 Å². The summed E-state index contributed by atoms with van der Waals surface area (Å²) in [4.78, 5) is 26.1. The fourth-order valence-corrected chi connectivity index (χ4v) is 3.62. The Kier molecular flexibility index (Phi) is 8.15. The number of carbonyl (C=O) groups excluding carboxylic acids is 2. The summed E-state index contributed by atoms with van der Waals surface area (Å²) in [6.45, 7) is 7.38. The van der Waals surface area contributed by atoms with Gasteiger partial charge in [-0.2, -0.15) is 0 Å². The van der Waals surface area contributed by atoms with Crippen molar-refractivity contribution in [3.8, 4) is 0 Å². The Morgan fingerprint density at radius 2 is 2.00 bits per heavy atom. The minimum Gasteiger partial charge on any atom is -0.356 e. The van der Waals surface area contributed by atoms with Crippen molar-refractivity contribution in [2.24, 2.45) is 11.8 Å². The lowest BCUT2D eigenvalue weighted by molar-refractivity contribution is -0.138. The number of hydrogen-bond donors (Lipinski definition) is 1. The van der Waals surface area contributed by atoms with Gasteiger partial charge in [-0.05, 0) is 26.2 Å². The molecule has 0 radical (unpaired) electrons. The normalized spacial score (nSPS) is 18.9. The van der Waals surface area contributed by atoms with E-state index in [2.05, 4.69) is 5.32 Å². The highest BCUT2D eigenvalue weighted by molar-refractivity contribution is 7.89. The number of nitrogens with zero attached hydrogens (tertiary/aromatic N) is 2. The van der Waals surface area contributed by atoms with Crippen LogP contribution in [0.15, 0.2) is 0 Å². The molecule has 140 valence electrons. The predicted molar refractivity (Wildman–Crippen MR) is 93.9 cm³/mol. The maximum Gasteiger partial charge on any atom is 0.225 e. The van der Waals surface area contributed by atoms with Gasteiger partial charge in [0.1, 0.15) is 0 Å². The molecule has 24 heavy (non-hydrogen) atoms. The monoisotopic (exact) mass is 361 g/mol. The SMILES string of the molecule is CCS(=O)(=O)N(C)CCCNC(=O)[C@@H]1CCCN(C(=O)C(C)C)C1. The van der Waals surface area contributed by atoms with Gasteiger partial charge in [0.05, 0.1) is 11.7 Å². The van der Waals surface area contributed by atoms with Crippen molar-refractivity contribution in [3.05, 3.63) is 0 Å². The van der Waals surface area contributed by atoms with Crippen molar-refractivity contribution in [1.29, 1.82) is 0 Å². The third-order valence-electron chi connectivity index (χ3n) is 4.39. The van der Waals surface area contributed by atoms with Crippen LogP contribution in [0.2, 0.25) is 0 Å². The Bertz CT molecular complexity index is 533. The highest BCUT2D eigenvalue weighted by Gasteiger charge is 2.29. The molecule has 0 saturated carbocycles. The van der Waals surface area contributed by atoms with E-state index in [4.69, 9.17) is 0 Å². The van der Waals surface area contributed by atoms with E-state index in [0.717, 1.165) is 19.4 Å². The van der Waals surface area contributed by atoms with E-state index in [1.807, 2.05) is 13.8 Å². The lowest BCUT2D eigenvalue weighted by Crippen LogP contribution is -2.47. The Balaban J connectivity index is 2.36. The van der Waals surface area contributed by atoms with E-state index in [1.54, 1.807) is 18.9 Å². The maximum absolute atomic E-state index is 12.3. The molecule has 1 atom stereocenters. The minimum absolute atomic E-state index is 0.0442. The molecule has 0 spiro atoms. The van der Waals surface area contributed by atoms with Crippen LogP contribution in [0.4, 0.5) is 0 Å². The average Bonchev–Trinajstić information content (AvgIpc) is 2.57. The van der Waals surface area contributed by atoms with Gasteiger partial charge in [-0.3, -0.25) is 9.59 Å². The first-order chi connectivity index (χ1) is 11.2. The summed E-state index contributed by atoms with van der Waals surface area (Å²) in [6, 6.07) is 0. The third-order valence-corrected chi connectivity index (χ3v) is 6.25. The Hall–Kier alpha value is -1.15. The van der Waals surface area contributed by atoms with Crippen LogP contribution in [0.1, 0.15) is 40.0 Å². The van der Waals surface area contributed by atoms with Crippen LogP contribution < -0.4 is 5.32 Å². The summed E-state index contributed by atoms with van der Waals surface area (Å²) >= 11 is 0. The number of piperidine rings is 1. The van der Waals surface area contributed by atoms with Crippen molar-refractivity contribution < 1.29 is 18.0 Å². The zero-order chi connectivity index (χ0) is 18.3. The van der Waals surface area contributed by atoms with Crippen molar-refractivity contribution >= 4 is 21.8 Å². The van der Waals surface area contributed by atoms with Gasteiger partial charge in [0, 0.05) is 39.1 Å². The van der Waals surface area contributed by atoms with Gasteiger partial charge >= 0.3 is 0 Å². The first-order valence-electron chi connectivity index (χ1n) is 8.69. The van der Waals surface area contributed by atoms with Gasteiger partial charge in [-0.1, -0.05) is 13.8 Å². The van der Waals surface area contributed by atoms with Crippen LogP contribution in [0, 0.1) is 11.8 Å². The highest BCUT2D eigenvalue weighted by atomic mass is 32.2. The van der Waals surface area contributed by atoms with Crippen LogP contribution in [0.3, 0.4) is 0 Å². The molecule has 1 rings (SSSR count). The second kappa shape index (κ2) is 9.36. The lowest BCUT2D eigenvalue weighted by atomic mass is 9.96. The molecule has 0 bridgehead atoms. The summed E-state index contributed by atoms with van der Waals surface area (Å²) in [5.41, 5.74) is 0. The standard InChI is InChI=1S/C16H31N3O4S/c1-5-24(22,23)18(4)10-7-9-17-15(20)14-8-6-11-19(12-14)16(21)13(2)3/h13-14H,5-12H2,1-4H3,(H,17,20)/t14-/m1/s1. The van der Waals surface area contributed by atoms with Gasteiger partial charge in [-0.25, -0.2) is 12.7 Å². The summed E-state index contributed by atoms with van der Waals surface area (Å²) in [7, 11) is -1.62. The number of hydrogen-bond acceptors (Lipinski definition) is 4. The second-order valence-electron chi connectivity index (χ2n) is 6.64. The molecular formula is C16H31N3O4S. The van der Waals surface area contributed by atoms with Crippen LogP contribution in [0.5, 0.6) is 0 Å². The zero-order valence-electron chi connectivity index (χ0n) is 15.2. The van der Waals surface area contributed by atoms with E-state index in [-0.39, 0.29) is 29.4 Å². The van der Waals surface area contributed by atoms with Gasteiger partial charge in [0.15, 0.2) is 0 Å². The van der Waals surface area contributed by atoms with Gasteiger partial charge in [0.25, 0.3) is 0 Å². The van der Waals surface area contributed by atoms with E-state index in [1.165, 1.54) is 4.31 Å². The van der Waals surface area contributed by atoms with Crippen LogP contribution >= 0.6 is 0 Å². The third kappa shape index (κ3) is 6.05. The molecule has 1 saturated heterocycles. The molecule has 1 aliphatic heterocycles. The number of rotatable bonds is 8. The molecule has 1 N–H and O–H groups in total. The van der Waals surface area contributed by atoms with Crippen molar-refractivity contribution in [2.75, 3.05) is 39.0 Å². The number of nitrogens with one attached hydrogen (secondary N) is 1. The number of sulfonamides is 1. The molecule has 0 aromatic heterocycles. The van der Waals surface area contributed by atoms with E-state index in [9.17, 15) is 18.0 Å². The minimum atomic E-state index is -3.17. The number of likely N-dealkylation sites (tertiary alicyclic amines) is 1. The molecule has 0 aromatic rings. The fraction of sp³-hybridized carbons (Fsp3) is 0.875. The molecule has 1 fully saturated rings. The average molecular weight is 362 g/mol.